The average molecular weight is 507 g/mol. The Kier molecular flexibility index (Phi) is 6.27. The average Bonchev–Trinajstić information content (AvgIpc) is 3.57. The Morgan fingerprint density at radius 3 is 2.63 bits per heavy atom. The molecule has 192 valence electrons. The number of carbonyl (C=O) groups excluding carboxylic acids is 1. The van der Waals surface area contributed by atoms with Crippen LogP contribution in [0.5, 0.6) is 0 Å². The van der Waals surface area contributed by atoms with Gasteiger partial charge in [-0.1, -0.05) is 12.1 Å². The molecule has 5 N–H and O–H groups in total. The molecule has 0 saturated carbocycles. The van der Waals surface area contributed by atoms with Gasteiger partial charge in [0.15, 0.2) is 5.82 Å². The standard InChI is InChI=1S/C29H30N8O/c1-36-13-11-23(12-14-36)32-22-8-5-19(6-9-22)29(38)33-28-17-26(34-35-28)20-7-10-25-27(15-20)37(18-31-25)24-4-2-3-21(30)16-24/h2-10,15-18,23,32H,11-14,30H2,1H3,(H2,33,34,35,38). The van der Waals surface area contributed by atoms with Crippen molar-refractivity contribution in [3.05, 3.63) is 84.7 Å². The van der Waals surface area contributed by atoms with Crippen LogP contribution in [0.2, 0.25) is 0 Å². The molecule has 9 nitrogen and oxygen atoms in total. The normalized spacial score (nSPS) is 14.6. The van der Waals surface area contributed by atoms with Crippen LogP contribution in [0.25, 0.3) is 28.0 Å². The van der Waals surface area contributed by atoms with Crippen molar-refractivity contribution in [2.24, 2.45) is 0 Å². The van der Waals surface area contributed by atoms with Gasteiger partial charge < -0.3 is 21.3 Å². The molecule has 0 radical (unpaired) electrons. The minimum atomic E-state index is -0.205. The highest BCUT2D eigenvalue weighted by molar-refractivity contribution is 6.04. The molecule has 1 fully saturated rings. The van der Waals surface area contributed by atoms with E-state index >= 15 is 0 Å². The highest BCUT2D eigenvalue weighted by Gasteiger charge is 2.17. The number of amides is 1. The number of aromatic nitrogens is 4. The van der Waals surface area contributed by atoms with Crippen LogP contribution in [0, 0.1) is 0 Å². The van der Waals surface area contributed by atoms with Crippen molar-refractivity contribution in [3.63, 3.8) is 0 Å². The van der Waals surface area contributed by atoms with E-state index in [0.717, 1.165) is 59.6 Å². The van der Waals surface area contributed by atoms with E-state index in [1.165, 1.54) is 0 Å². The summed E-state index contributed by atoms with van der Waals surface area (Å²) in [5, 5.41) is 13.8. The lowest BCUT2D eigenvalue weighted by Gasteiger charge is -2.30. The summed E-state index contributed by atoms with van der Waals surface area (Å²) in [5.74, 6) is 0.257. The fraction of sp³-hybridized carbons (Fsp3) is 0.207. The third-order valence-electron chi connectivity index (χ3n) is 7.06. The highest BCUT2D eigenvalue weighted by atomic mass is 16.1. The topological polar surface area (TPSA) is 117 Å². The highest BCUT2D eigenvalue weighted by Crippen LogP contribution is 2.27. The molecule has 0 spiro atoms. The zero-order valence-corrected chi connectivity index (χ0v) is 21.2. The number of H-pyrrole nitrogens is 1. The molecule has 2 aromatic heterocycles. The molecule has 1 saturated heterocycles. The summed E-state index contributed by atoms with van der Waals surface area (Å²) in [4.78, 5) is 19.7. The number of aromatic amines is 1. The lowest BCUT2D eigenvalue weighted by molar-refractivity contribution is 0.102. The number of fused-ring (bicyclic) bond motifs is 1. The molecule has 0 atom stereocenters. The van der Waals surface area contributed by atoms with E-state index in [1.54, 1.807) is 6.33 Å². The predicted molar refractivity (Wildman–Crippen MR) is 152 cm³/mol. The van der Waals surface area contributed by atoms with Crippen LogP contribution in [0.4, 0.5) is 17.2 Å². The number of imidazole rings is 1. The molecule has 1 amide bonds. The first kappa shape index (κ1) is 23.7. The number of rotatable bonds is 6. The summed E-state index contributed by atoms with van der Waals surface area (Å²) in [6.07, 6.45) is 4.03. The van der Waals surface area contributed by atoms with Gasteiger partial charge in [0.25, 0.3) is 5.91 Å². The minimum absolute atomic E-state index is 0.205. The van der Waals surface area contributed by atoms with E-state index in [1.807, 2.05) is 77.4 Å². The second-order valence-corrected chi connectivity index (χ2v) is 9.83. The Hall–Kier alpha value is -4.63. The van der Waals surface area contributed by atoms with Gasteiger partial charge in [-0.15, -0.1) is 0 Å². The van der Waals surface area contributed by atoms with Crippen molar-refractivity contribution in [2.45, 2.75) is 18.9 Å². The quantitative estimate of drug-likeness (QED) is 0.247. The third-order valence-corrected chi connectivity index (χ3v) is 7.06. The number of likely N-dealkylation sites (tertiary alicyclic amines) is 1. The molecule has 0 bridgehead atoms. The minimum Gasteiger partial charge on any atom is -0.399 e. The smallest absolute Gasteiger partial charge is 0.256 e. The maximum absolute atomic E-state index is 12.9. The number of nitrogens with two attached hydrogens (primary N) is 1. The number of anilines is 3. The summed E-state index contributed by atoms with van der Waals surface area (Å²) < 4.78 is 2.00. The second-order valence-electron chi connectivity index (χ2n) is 9.83. The first-order chi connectivity index (χ1) is 18.5. The summed E-state index contributed by atoms with van der Waals surface area (Å²) in [5.41, 5.74) is 12.8. The molecule has 0 aliphatic carbocycles. The van der Waals surface area contributed by atoms with Crippen molar-refractivity contribution in [1.29, 1.82) is 0 Å². The van der Waals surface area contributed by atoms with Crippen LogP contribution in [-0.4, -0.2) is 56.7 Å². The van der Waals surface area contributed by atoms with Crippen LogP contribution < -0.4 is 16.4 Å². The van der Waals surface area contributed by atoms with Crippen LogP contribution in [-0.2, 0) is 0 Å². The van der Waals surface area contributed by atoms with E-state index in [-0.39, 0.29) is 5.91 Å². The van der Waals surface area contributed by atoms with Crippen LogP contribution >= 0.6 is 0 Å². The van der Waals surface area contributed by atoms with Gasteiger partial charge >= 0.3 is 0 Å². The fourth-order valence-electron chi connectivity index (χ4n) is 4.88. The van der Waals surface area contributed by atoms with Crippen molar-refractivity contribution >= 4 is 34.1 Å². The monoisotopic (exact) mass is 506 g/mol. The van der Waals surface area contributed by atoms with E-state index < -0.39 is 0 Å². The molecule has 1 aliphatic rings. The lowest BCUT2D eigenvalue weighted by atomic mass is 10.0. The zero-order valence-electron chi connectivity index (χ0n) is 21.2. The summed E-state index contributed by atoms with van der Waals surface area (Å²) in [6.45, 7) is 2.20. The van der Waals surface area contributed by atoms with Gasteiger partial charge in [-0.3, -0.25) is 14.5 Å². The molecule has 5 aromatic rings. The number of benzene rings is 3. The van der Waals surface area contributed by atoms with Gasteiger partial charge in [-0.2, -0.15) is 5.10 Å². The first-order valence-electron chi connectivity index (χ1n) is 12.8. The number of nitrogen functional groups attached to an aromatic ring is 1. The molecule has 6 rings (SSSR count). The van der Waals surface area contributed by atoms with Crippen LogP contribution in [0.3, 0.4) is 0 Å². The van der Waals surface area contributed by atoms with Gasteiger partial charge in [0.2, 0.25) is 0 Å². The van der Waals surface area contributed by atoms with E-state index in [4.69, 9.17) is 5.73 Å². The number of hydrogen-bond donors (Lipinski definition) is 4. The number of piperidine rings is 1. The fourth-order valence-corrected chi connectivity index (χ4v) is 4.88. The summed E-state index contributed by atoms with van der Waals surface area (Å²) >= 11 is 0. The maximum atomic E-state index is 12.9. The SMILES string of the molecule is CN1CCC(Nc2ccc(C(=O)Nc3cc(-c4ccc5ncn(-c6cccc(N)c6)c5c4)[nH]n3)cc2)CC1. The largest absolute Gasteiger partial charge is 0.399 e. The van der Waals surface area contributed by atoms with Gasteiger partial charge in [-0.05, 0) is 87.6 Å². The van der Waals surface area contributed by atoms with Crippen LogP contribution in [0.15, 0.2) is 79.1 Å². The molecule has 1 aliphatic heterocycles. The molecule has 3 aromatic carbocycles. The van der Waals surface area contributed by atoms with Crippen molar-refractivity contribution in [1.82, 2.24) is 24.6 Å². The Balaban J connectivity index is 1.14. The maximum Gasteiger partial charge on any atom is 0.256 e. The van der Waals surface area contributed by atoms with Gasteiger partial charge in [-0.25, -0.2) is 4.98 Å². The Morgan fingerprint density at radius 2 is 1.84 bits per heavy atom. The molecule has 0 unspecified atom stereocenters. The van der Waals surface area contributed by atoms with E-state index in [0.29, 0.717) is 23.1 Å². The van der Waals surface area contributed by atoms with Crippen molar-refractivity contribution in [3.8, 4) is 16.9 Å². The van der Waals surface area contributed by atoms with E-state index in [2.05, 4.69) is 37.8 Å². The first-order valence-corrected chi connectivity index (χ1v) is 12.8. The van der Waals surface area contributed by atoms with E-state index in [9.17, 15) is 4.79 Å². The third kappa shape index (κ3) is 4.96. The Morgan fingerprint density at radius 1 is 1.03 bits per heavy atom. The van der Waals surface area contributed by atoms with Gasteiger partial charge in [0.1, 0.15) is 6.33 Å². The second kappa shape index (κ2) is 10.0. The molecular formula is C29H30N8O. The predicted octanol–water partition coefficient (Wildman–Crippen LogP) is 4.76. The van der Waals surface area contributed by atoms with Crippen molar-refractivity contribution in [2.75, 3.05) is 36.5 Å². The number of nitrogens with zero attached hydrogens (tertiary/aromatic N) is 4. The number of hydrogen-bond acceptors (Lipinski definition) is 6. The molecule has 9 heteroatoms. The summed E-state index contributed by atoms with van der Waals surface area (Å²) in [7, 11) is 2.16. The lowest BCUT2D eigenvalue weighted by Crippen LogP contribution is -2.36. The Labute approximate surface area is 220 Å². The van der Waals surface area contributed by atoms with Crippen LogP contribution in [0.1, 0.15) is 23.2 Å². The van der Waals surface area contributed by atoms with Gasteiger partial charge in [0.05, 0.1) is 16.7 Å². The molecule has 3 heterocycles. The zero-order chi connectivity index (χ0) is 26.1. The van der Waals surface area contributed by atoms with Crippen molar-refractivity contribution < 1.29 is 4.79 Å². The number of carbonyl (C=O) groups is 1. The number of nitrogens with one attached hydrogen (secondary N) is 3. The van der Waals surface area contributed by atoms with Gasteiger partial charge in [0, 0.05) is 40.3 Å². The molecular weight excluding hydrogens is 476 g/mol. The molecule has 38 heavy (non-hydrogen) atoms. The summed E-state index contributed by atoms with van der Waals surface area (Å²) in [6, 6.07) is 23.6. The Bertz CT molecular complexity index is 1580.